The van der Waals surface area contributed by atoms with E-state index < -0.39 is 0 Å². The second-order valence-electron chi connectivity index (χ2n) is 5.05. The first-order chi connectivity index (χ1) is 9.72. The van der Waals surface area contributed by atoms with Gasteiger partial charge in [-0.1, -0.05) is 12.1 Å². The molecule has 0 radical (unpaired) electrons. The first kappa shape index (κ1) is 14.5. The molecule has 1 unspecified atom stereocenters. The predicted molar refractivity (Wildman–Crippen MR) is 76.1 cm³/mol. The van der Waals surface area contributed by atoms with Crippen LogP contribution in [0.4, 0.5) is 0 Å². The van der Waals surface area contributed by atoms with Gasteiger partial charge in [-0.25, -0.2) is 0 Å². The molecule has 1 saturated heterocycles. The summed E-state index contributed by atoms with van der Waals surface area (Å²) in [6.45, 7) is 4.19. The minimum absolute atomic E-state index is 0.118. The molecule has 20 heavy (non-hydrogen) atoms. The van der Waals surface area contributed by atoms with Gasteiger partial charge in [0.05, 0.1) is 24.2 Å². The normalized spacial score (nSPS) is 17.7. The lowest BCUT2D eigenvalue weighted by atomic mass is 10.1. The number of hydrogen-bond acceptors (Lipinski definition) is 3. The molecule has 0 N–H and O–H groups in total. The maximum absolute atomic E-state index is 12.3. The number of nitrogens with zero attached hydrogens (tertiary/aromatic N) is 2. The zero-order valence-corrected chi connectivity index (χ0v) is 11.8. The topological polar surface area (TPSA) is 53.3 Å². The van der Waals surface area contributed by atoms with Gasteiger partial charge in [-0.2, -0.15) is 5.26 Å². The first-order valence-corrected chi connectivity index (χ1v) is 7.11. The maximum atomic E-state index is 12.3. The molecule has 1 heterocycles. The molecule has 106 valence electrons. The quantitative estimate of drug-likeness (QED) is 0.825. The highest BCUT2D eigenvalue weighted by Gasteiger charge is 2.21. The van der Waals surface area contributed by atoms with Crippen molar-refractivity contribution in [3.63, 3.8) is 0 Å². The molecule has 2 rings (SSSR count). The standard InChI is InChI=1S/C16H20N2O2/c1-2-18(12-15-4-3-9-20-15)16(19)10-13-5-7-14(11-17)8-6-13/h5-8,15H,2-4,9-10,12H2,1H3. The molecule has 1 fully saturated rings. The van der Waals surface area contributed by atoms with Crippen molar-refractivity contribution in [3.8, 4) is 6.07 Å². The molecule has 1 aromatic carbocycles. The van der Waals surface area contributed by atoms with Gasteiger partial charge in [-0.05, 0) is 37.5 Å². The van der Waals surface area contributed by atoms with Crippen molar-refractivity contribution in [2.75, 3.05) is 19.7 Å². The highest BCUT2D eigenvalue weighted by atomic mass is 16.5. The van der Waals surface area contributed by atoms with Gasteiger partial charge in [0.1, 0.15) is 0 Å². The Hall–Kier alpha value is -1.86. The Morgan fingerprint density at radius 2 is 2.20 bits per heavy atom. The summed E-state index contributed by atoms with van der Waals surface area (Å²) < 4.78 is 5.59. The van der Waals surface area contributed by atoms with E-state index in [1.807, 2.05) is 24.0 Å². The van der Waals surface area contributed by atoms with Crippen molar-refractivity contribution in [2.24, 2.45) is 0 Å². The van der Waals surface area contributed by atoms with Gasteiger partial charge < -0.3 is 9.64 Å². The van der Waals surface area contributed by atoms with E-state index in [4.69, 9.17) is 10.00 Å². The predicted octanol–water partition coefficient (Wildman–Crippen LogP) is 2.13. The molecule has 0 aromatic heterocycles. The largest absolute Gasteiger partial charge is 0.376 e. The van der Waals surface area contributed by atoms with E-state index in [2.05, 4.69) is 6.07 Å². The molecule has 1 aliphatic heterocycles. The van der Waals surface area contributed by atoms with Crippen LogP contribution in [-0.4, -0.2) is 36.6 Å². The molecule has 4 nitrogen and oxygen atoms in total. The average molecular weight is 272 g/mol. The Morgan fingerprint density at radius 1 is 1.45 bits per heavy atom. The smallest absolute Gasteiger partial charge is 0.227 e. The second kappa shape index (κ2) is 7.06. The van der Waals surface area contributed by atoms with Crippen molar-refractivity contribution in [2.45, 2.75) is 32.3 Å². The summed E-state index contributed by atoms with van der Waals surface area (Å²) in [5.41, 5.74) is 1.56. The van der Waals surface area contributed by atoms with Crippen LogP contribution in [0.2, 0.25) is 0 Å². The van der Waals surface area contributed by atoms with Gasteiger partial charge in [0.15, 0.2) is 0 Å². The SMILES string of the molecule is CCN(CC1CCCO1)C(=O)Cc1ccc(C#N)cc1. The Balaban J connectivity index is 1.92. The van der Waals surface area contributed by atoms with Crippen molar-refractivity contribution < 1.29 is 9.53 Å². The summed E-state index contributed by atoms with van der Waals surface area (Å²) in [6.07, 6.45) is 2.71. The molecule has 1 atom stereocenters. The number of amides is 1. The van der Waals surface area contributed by atoms with E-state index in [0.29, 0.717) is 25.1 Å². The minimum Gasteiger partial charge on any atom is -0.376 e. The first-order valence-electron chi connectivity index (χ1n) is 7.11. The molecule has 0 spiro atoms. The number of nitriles is 1. The summed E-state index contributed by atoms with van der Waals surface area (Å²) in [7, 11) is 0. The third-order valence-electron chi connectivity index (χ3n) is 3.62. The summed E-state index contributed by atoms with van der Waals surface area (Å²) in [5.74, 6) is 0.118. The van der Waals surface area contributed by atoms with E-state index in [1.165, 1.54) is 0 Å². The van der Waals surface area contributed by atoms with Crippen LogP contribution in [0.25, 0.3) is 0 Å². The molecule has 1 aromatic rings. The zero-order valence-electron chi connectivity index (χ0n) is 11.8. The molecule has 0 aliphatic carbocycles. The van der Waals surface area contributed by atoms with Gasteiger partial charge in [-0.3, -0.25) is 4.79 Å². The Kier molecular flexibility index (Phi) is 5.14. The third-order valence-corrected chi connectivity index (χ3v) is 3.62. The molecular weight excluding hydrogens is 252 g/mol. The van der Waals surface area contributed by atoms with E-state index in [1.54, 1.807) is 12.1 Å². The molecule has 4 heteroatoms. The number of hydrogen-bond donors (Lipinski definition) is 0. The van der Waals surface area contributed by atoms with Crippen LogP contribution in [0.3, 0.4) is 0 Å². The van der Waals surface area contributed by atoms with Crippen LogP contribution in [0.5, 0.6) is 0 Å². The van der Waals surface area contributed by atoms with Gasteiger partial charge in [-0.15, -0.1) is 0 Å². The lowest BCUT2D eigenvalue weighted by Gasteiger charge is -2.24. The van der Waals surface area contributed by atoms with Crippen LogP contribution in [-0.2, 0) is 16.0 Å². The van der Waals surface area contributed by atoms with Crippen LogP contribution in [0, 0.1) is 11.3 Å². The Bertz CT molecular complexity index is 484. The second-order valence-corrected chi connectivity index (χ2v) is 5.05. The number of benzene rings is 1. The minimum atomic E-state index is 0.118. The van der Waals surface area contributed by atoms with Gasteiger partial charge in [0.25, 0.3) is 0 Å². The van der Waals surface area contributed by atoms with Gasteiger partial charge >= 0.3 is 0 Å². The van der Waals surface area contributed by atoms with Gasteiger partial charge in [0, 0.05) is 19.7 Å². The van der Waals surface area contributed by atoms with E-state index in [0.717, 1.165) is 25.0 Å². The summed E-state index contributed by atoms with van der Waals surface area (Å²) in [5, 5.41) is 8.76. The fraction of sp³-hybridized carbons (Fsp3) is 0.500. The number of carbonyl (C=O) groups excluding carboxylic acids is 1. The lowest BCUT2D eigenvalue weighted by molar-refractivity contribution is -0.131. The van der Waals surface area contributed by atoms with E-state index in [9.17, 15) is 4.79 Å². The number of ether oxygens (including phenoxy) is 1. The number of rotatable bonds is 5. The van der Waals surface area contributed by atoms with Crippen LogP contribution in [0.1, 0.15) is 30.9 Å². The third kappa shape index (κ3) is 3.82. The van der Waals surface area contributed by atoms with Crippen LogP contribution in [0.15, 0.2) is 24.3 Å². The highest BCUT2D eigenvalue weighted by Crippen LogP contribution is 2.14. The molecular formula is C16H20N2O2. The maximum Gasteiger partial charge on any atom is 0.227 e. The van der Waals surface area contributed by atoms with E-state index in [-0.39, 0.29) is 12.0 Å². The number of likely N-dealkylation sites (N-methyl/N-ethyl adjacent to an activating group) is 1. The highest BCUT2D eigenvalue weighted by molar-refractivity contribution is 5.78. The van der Waals surface area contributed by atoms with Crippen LogP contribution >= 0.6 is 0 Å². The average Bonchev–Trinajstić information content (AvgIpc) is 2.98. The monoisotopic (exact) mass is 272 g/mol. The molecule has 1 aliphatic rings. The Labute approximate surface area is 120 Å². The number of carbonyl (C=O) groups is 1. The molecule has 1 amide bonds. The van der Waals surface area contributed by atoms with Crippen molar-refractivity contribution in [1.29, 1.82) is 5.26 Å². The summed E-state index contributed by atoms with van der Waals surface area (Å²) >= 11 is 0. The fourth-order valence-corrected chi connectivity index (χ4v) is 2.42. The van der Waals surface area contributed by atoms with E-state index >= 15 is 0 Å². The van der Waals surface area contributed by atoms with Gasteiger partial charge in [0.2, 0.25) is 5.91 Å². The van der Waals surface area contributed by atoms with Crippen molar-refractivity contribution in [3.05, 3.63) is 35.4 Å². The summed E-state index contributed by atoms with van der Waals surface area (Å²) in [6, 6.07) is 9.26. The fourth-order valence-electron chi connectivity index (χ4n) is 2.42. The van der Waals surface area contributed by atoms with Crippen molar-refractivity contribution >= 4 is 5.91 Å². The zero-order chi connectivity index (χ0) is 14.4. The Morgan fingerprint density at radius 3 is 2.75 bits per heavy atom. The summed E-state index contributed by atoms with van der Waals surface area (Å²) in [4.78, 5) is 14.1. The molecule has 0 bridgehead atoms. The molecule has 0 saturated carbocycles. The van der Waals surface area contributed by atoms with Crippen LogP contribution < -0.4 is 0 Å². The van der Waals surface area contributed by atoms with Crippen molar-refractivity contribution in [1.82, 2.24) is 4.90 Å². The lowest BCUT2D eigenvalue weighted by Crippen LogP contribution is -2.38.